The van der Waals surface area contributed by atoms with Gasteiger partial charge in [-0.25, -0.2) is 0 Å². The van der Waals surface area contributed by atoms with Crippen LogP contribution in [0.15, 0.2) is 290 Å². The van der Waals surface area contributed by atoms with Crippen LogP contribution in [0.4, 0.5) is 28.4 Å². The largest absolute Gasteiger partial charge is 0.311 e. The molecule has 0 saturated heterocycles. The molecular formula is C94H76N2. The van der Waals surface area contributed by atoms with Gasteiger partial charge in [-0.3, -0.25) is 0 Å². The molecule has 13 aromatic rings. The highest BCUT2D eigenvalue weighted by atomic mass is 15.2. The van der Waals surface area contributed by atoms with Gasteiger partial charge in [-0.05, 0) is 224 Å². The summed E-state index contributed by atoms with van der Waals surface area (Å²) in [6.45, 7) is 19.4. The maximum atomic E-state index is 2.60. The Morgan fingerprint density at radius 2 is 0.771 bits per heavy atom. The molecule has 0 N–H and O–H groups in total. The van der Waals surface area contributed by atoms with Gasteiger partial charge in [0.2, 0.25) is 0 Å². The molecule has 0 aliphatic heterocycles. The highest BCUT2D eigenvalue weighted by Gasteiger charge is 2.44. The van der Waals surface area contributed by atoms with Gasteiger partial charge in [-0.15, -0.1) is 0 Å². The molecule has 462 valence electrons. The first kappa shape index (κ1) is 57.0. The number of fused-ring (bicyclic) bond motifs is 15. The van der Waals surface area contributed by atoms with Crippen molar-refractivity contribution in [1.82, 2.24) is 0 Å². The summed E-state index contributed by atoms with van der Waals surface area (Å²) in [6, 6.07) is 96.1. The molecule has 0 heterocycles. The van der Waals surface area contributed by atoms with Gasteiger partial charge in [0.25, 0.3) is 0 Å². The number of rotatable bonds is 8. The van der Waals surface area contributed by atoms with Gasteiger partial charge < -0.3 is 9.80 Å². The second-order valence-corrected chi connectivity index (χ2v) is 30.2. The summed E-state index contributed by atoms with van der Waals surface area (Å²) in [5, 5.41) is 9.75. The molecule has 2 heteroatoms. The third-order valence-electron chi connectivity index (χ3n) is 23.7. The van der Waals surface area contributed by atoms with Crippen molar-refractivity contribution in [3.8, 4) is 44.5 Å². The van der Waals surface area contributed by atoms with Crippen molar-refractivity contribution in [2.24, 2.45) is 0 Å². The molecule has 1 unspecified atom stereocenters. The van der Waals surface area contributed by atoms with Crippen LogP contribution in [0.5, 0.6) is 0 Å². The fraction of sp³-hybridized carbons (Fsp3) is 0.170. The third kappa shape index (κ3) is 8.05. The molecule has 0 radical (unpaired) electrons. The van der Waals surface area contributed by atoms with Crippen molar-refractivity contribution < 1.29 is 0 Å². The molecule has 0 bridgehead atoms. The molecule has 0 saturated carbocycles. The van der Waals surface area contributed by atoms with Crippen LogP contribution < -0.4 is 9.80 Å². The predicted octanol–water partition coefficient (Wildman–Crippen LogP) is 25.5. The number of nitrogens with zero attached hydrogens (tertiary/aromatic N) is 2. The molecule has 13 aromatic carbocycles. The number of benzene rings is 13. The minimum atomic E-state index is -0.191. The lowest BCUT2D eigenvalue weighted by atomic mass is 9.78. The minimum absolute atomic E-state index is 0.112. The van der Waals surface area contributed by atoms with Gasteiger partial charge in [0, 0.05) is 61.7 Å². The van der Waals surface area contributed by atoms with E-state index in [1.165, 1.54) is 149 Å². The Morgan fingerprint density at radius 3 is 1.35 bits per heavy atom. The monoisotopic (exact) mass is 1230 g/mol. The van der Waals surface area contributed by atoms with E-state index in [0.29, 0.717) is 5.92 Å². The van der Waals surface area contributed by atoms with E-state index in [4.69, 9.17) is 0 Å². The highest BCUT2D eigenvalue weighted by molar-refractivity contribution is 6.26. The molecule has 0 aromatic heterocycles. The second kappa shape index (κ2) is 20.5. The average molecular weight is 1230 g/mol. The average Bonchev–Trinajstić information content (AvgIpc) is 0.950. The number of hydrogen-bond acceptors (Lipinski definition) is 2. The van der Waals surface area contributed by atoms with Crippen LogP contribution in [0.2, 0.25) is 0 Å². The van der Waals surface area contributed by atoms with Gasteiger partial charge in [0.1, 0.15) is 0 Å². The van der Waals surface area contributed by atoms with Crippen molar-refractivity contribution in [1.29, 1.82) is 0 Å². The second-order valence-electron chi connectivity index (χ2n) is 30.2. The van der Waals surface area contributed by atoms with Crippen LogP contribution >= 0.6 is 0 Å². The van der Waals surface area contributed by atoms with Crippen LogP contribution in [0, 0.1) is 0 Å². The molecule has 6 aliphatic carbocycles. The third-order valence-corrected chi connectivity index (χ3v) is 23.7. The number of anilines is 5. The van der Waals surface area contributed by atoms with E-state index in [0.717, 1.165) is 47.7 Å². The summed E-state index contributed by atoms with van der Waals surface area (Å²) in [5.41, 5.74) is 32.1. The number of allylic oxidation sites excluding steroid dienone is 7. The summed E-state index contributed by atoms with van der Waals surface area (Å²) in [4.78, 5) is 5.18. The Morgan fingerprint density at radius 1 is 0.333 bits per heavy atom. The van der Waals surface area contributed by atoms with E-state index in [9.17, 15) is 0 Å². The summed E-state index contributed by atoms with van der Waals surface area (Å²) >= 11 is 0. The normalized spacial score (nSPS) is 17.5. The Balaban J connectivity index is 0.894. The molecule has 6 aliphatic rings. The standard InChI is InChI=1S/C94H76N2/c1-91(2)81-35-17-13-29-67(81)71-45-39-61(53-85(71)91)95(62-40-46-72-68-30-14-18-36-82(68)92(3,4)86(72)54-62)59-43-49-77-79(51-59)89(75-33-21-25-57-23-9-11-27-65(57)75)78-50-44-60(52-80(78)90(77)76-34-22-26-58-24-10-12-28-66(58)76)96(63-41-47-73-69-31-15-19-37-83(69)93(5,6)87(73)55-63)64-42-48-74-70-32-16-20-38-84(70)94(7,8)88(74)56-64/h9-19,21-37,39-45,47-56,72H,20,38,46H2,1-8H3. The number of hydrogen-bond donors (Lipinski definition) is 0. The van der Waals surface area contributed by atoms with Gasteiger partial charge >= 0.3 is 0 Å². The van der Waals surface area contributed by atoms with Crippen LogP contribution in [0.1, 0.15) is 125 Å². The predicted molar refractivity (Wildman–Crippen MR) is 407 cm³/mol. The lowest BCUT2D eigenvalue weighted by Crippen LogP contribution is -2.23. The molecule has 0 amide bonds. The zero-order valence-electron chi connectivity index (χ0n) is 56.1. The first-order valence-electron chi connectivity index (χ1n) is 34.8. The van der Waals surface area contributed by atoms with Crippen LogP contribution in [-0.4, -0.2) is 0 Å². The summed E-state index contributed by atoms with van der Waals surface area (Å²) in [5.74, 6) is 0.334. The summed E-state index contributed by atoms with van der Waals surface area (Å²) in [7, 11) is 0. The Kier molecular flexibility index (Phi) is 12.2. The zero-order chi connectivity index (χ0) is 64.7. The van der Waals surface area contributed by atoms with Gasteiger partial charge in [0.05, 0.1) is 0 Å². The van der Waals surface area contributed by atoms with Crippen LogP contribution in [0.3, 0.4) is 0 Å². The summed E-state index contributed by atoms with van der Waals surface area (Å²) < 4.78 is 0. The zero-order valence-corrected chi connectivity index (χ0v) is 56.1. The molecule has 1 atom stereocenters. The maximum absolute atomic E-state index is 2.60. The van der Waals surface area contributed by atoms with Gasteiger partial charge in [0.15, 0.2) is 0 Å². The van der Waals surface area contributed by atoms with E-state index >= 15 is 0 Å². The van der Waals surface area contributed by atoms with E-state index in [1.807, 2.05) is 0 Å². The van der Waals surface area contributed by atoms with E-state index in [-0.39, 0.29) is 21.7 Å². The van der Waals surface area contributed by atoms with Crippen molar-refractivity contribution in [2.75, 3.05) is 9.80 Å². The van der Waals surface area contributed by atoms with E-state index in [2.05, 4.69) is 338 Å². The fourth-order valence-corrected chi connectivity index (χ4v) is 18.9. The Bertz CT molecular complexity index is 5700. The summed E-state index contributed by atoms with van der Waals surface area (Å²) in [6.07, 6.45) is 13.0. The van der Waals surface area contributed by atoms with Crippen LogP contribution in [-0.2, 0) is 21.7 Å². The topological polar surface area (TPSA) is 6.48 Å². The molecular weight excluding hydrogens is 1160 g/mol. The van der Waals surface area contributed by atoms with Crippen molar-refractivity contribution in [2.45, 2.75) is 102 Å². The smallest absolute Gasteiger partial charge is 0.0468 e. The SMILES string of the molecule is CC1(C)C2=C(C=CCC2)c2ccc(N(c3ccc4c(c3)C(C)(C)c3ccccc3-4)c3ccc4c(-c5cccc6ccccc56)c5cc(N(C6=CCC7C(=C6)C(C)(C)c6ccccc67)c6ccc7c(c6)C(C)(C)c6ccccc6-7)ccc5c(-c5cccc6ccccc56)c4c3)cc21. The van der Waals surface area contributed by atoms with E-state index in [1.54, 1.807) is 5.57 Å². The molecule has 96 heavy (non-hydrogen) atoms. The highest BCUT2D eigenvalue weighted by Crippen LogP contribution is 2.59. The minimum Gasteiger partial charge on any atom is -0.311 e. The van der Waals surface area contributed by atoms with Crippen molar-refractivity contribution in [3.63, 3.8) is 0 Å². The fourth-order valence-electron chi connectivity index (χ4n) is 18.9. The Labute approximate surface area is 564 Å². The van der Waals surface area contributed by atoms with E-state index < -0.39 is 0 Å². The van der Waals surface area contributed by atoms with Gasteiger partial charge in [-0.1, -0.05) is 273 Å². The van der Waals surface area contributed by atoms with Gasteiger partial charge in [-0.2, -0.15) is 0 Å². The molecule has 19 rings (SSSR count). The quantitative estimate of drug-likeness (QED) is 0.140. The molecule has 0 fully saturated rings. The first-order chi connectivity index (χ1) is 46.6. The maximum Gasteiger partial charge on any atom is 0.0468 e. The molecule has 0 spiro atoms. The lowest BCUT2D eigenvalue weighted by Gasteiger charge is -2.34. The Hall–Kier alpha value is -10.5. The lowest BCUT2D eigenvalue weighted by molar-refractivity contribution is 0.607. The first-order valence-corrected chi connectivity index (χ1v) is 34.8. The van der Waals surface area contributed by atoms with Crippen molar-refractivity contribution >= 4 is 77.1 Å². The van der Waals surface area contributed by atoms with Crippen molar-refractivity contribution in [3.05, 3.63) is 334 Å². The molecule has 2 nitrogen and oxygen atoms in total. The van der Waals surface area contributed by atoms with Crippen LogP contribution in [0.25, 0.3) is 93.2 Å².